The summed E-state index contributed by atoms with van der Waals surface area (Å²) in [6.07, 6.45) is -0.245. The highest BCUT2D eigenvalue weighted by atomic mass is 16.5. The molecule has 0 amide bonds. The first-order chi connectivity index (χ1) is 7.63. The van der Waals surface area contributed by atoms with Gasteiger partial charge in [-0.2, -0.15) is 0 Å². The van der Waals surface area contributed by atoms with Gasteiger partial charge in [-0.15, -0.1) is 0 Å². The van der Waals surface area contributed by atoms with E-state index in [1.165, 1.54) is 14.2 Å². The van der Waals surface area contributed by atoms with Crippen molar-refractivity contribution in [1.29, 1.82) is 0 Å². The molecule has 16 heavy (non-hydrogen) atoms. The summed E-state index contributed by atoms with van der Waals surface area (Å²) >= 11 is 0. The first kappa shape index (κ1) is 12.6. The Hall–Kier alpha value is -1.46. The molecule has 0 aromatic heterocycles. The molecule has 0 radical (unpaired) electrons. The lowest BCUT2D eigenvalue weighted by molar-refractivity contribution is 0.169. The second kappa shape index (κ2) is 5.58. The van der Waals surface area contributed by atoms with Gasteiger partial charge in [-0.25, -0.2) is 0 Å². The largest absolute Gasteiger partial charge is 0.502 e. The zero-order valence-electron chi connectivity index (χ0n) is 9.43. The second-order valence-electron chi connectivity index (χ2n) is 3.37. The van der Waals surface area contributed by atoms with Crippen molar-refractivity contribution in [2.45, 2.75) is 12.5 Å². The lowest BCUT2D eigenvalue weighted by atomic mass is 10.1. The number of methoxy groups -OCH3 is 2. The lowest BCUT2D eigenvalue weighted by Gasteiger charge is -2.14. The molecule has 90 valence electrons. The van der Waals surface area contributed by atoms with Gasteiger partial charge >= 0.3 is 0 Å². The molecule has 0 heterocycles. The molecule has 0 fully saturated rings. The maximum atomic E-state index is 9.78. The third-order valence-electron chi connectivity index (χ3n) is 2.33. The third kappa shape index (κ3) is 2.56. The Labute approximate surface area is 94.4 Å². The number of hydrogen-bond acceptors (Lipinski definition) is 5. The third-order valence-corrected chi connectivity index (χ3v) is 2.33. The van der Waals surface area contributed by atoms with E-state index in [2.05, 4.69) is 0 Å². The molecule has 5 heteroatoms. The number of rotatable bonds is 5. The van der Waals surface area contributed by atoms with Gasteiger partial charge in [0.25, 0.3) is 0 Å². The molecule has 0 bridgehead atoms. The van der Waals surface area contributed by atoms with Crippen LogP contribution < -0.4 is 15.2 Å². The fourth-order valence-electron chi connectivity index (χ4n) is 1.43. The Balaban J connectivity index is 3.11. The van der Waals surface area contributed by atoms with Crippen molar-refractivity contribution in [3.8, 4) is 17.2 Å². The zero-order valence-corrected chi connectivity index (χ0v) is 9.43. The van der Waals surface area contributed by atoms with E-state index in [4.69, 9.17) is 15.2 Å². The first-order valence-corrected chi connectivity index (χ1v) is 4.97. The zero-order chi connectivity index (χ0) is 12.1. The van der Waals surface area contributed by atoms with E-state index in [0.717, 1.165) is 0 Å². The molecule has 5 nitrogen and oxygen atoms in total. The van der Waals surface area contributed by atoms with Gasteiger partial charge in [0.15, 0.2) is 11.5 Å². The predicted octanol–water partition coefficient (Wildman–Crippen LogP) is 0.792. The van der Waals surface area contributed by atoms with Crippen molar-refractivity contribution in [3.63, 3.8) is 0 Å². The number of aliphatic hydroxyl groups is 1. The summed E-state index contributed by atoms with van der Waals surface area (Å²) in [6.45, 7) is 0.382. The van der Waals surface area contributed by atoms with E-state index in [0.29, 0.717) is 18.5 Å². The van der Waals surface area contributed by atoms with Crippen LogP contribution in [0.1, 0.15) is 18.1 Å². The maximum absolute atomic E-state index is 9.78. The second-order valence-corrected chi connectivity index (χ2v) is 3.37. The molecule has 0 aliphatic heterocycles. The van der Waals surface area contributed by atoms with Crippen molar-refractivity contribution >= 4 is 0 Å². The van der Waals surface area contributed by atoms with E-state index >= 15 is 0 Å². The van der Waals surface area contributed by atoms with Crippen LogP contribution in [0.15, 0.2) is 12.1 Å². The van der Waals surface area contributed by atoms with Crippen molar-refractivity contribution < 1.29 is 19.7 Å². The number of aromatic hydroxyl groups is 1. The summed E-state index contributed by atoms with van der Waals surface area (Å²) in [5, 5.41) is 19.4. The van der Waals surface area contributed by atoms with Crippen LogP contribution >= 0.6 is 0 Å². The Morgan fingerprint density at radius 2 is 1.75 bits per heavy atom. The van der Waals surface area contributed by atoms with Crippen LogP contribution in [0.4, 0.5) is 0 Å². The minimum atomic E-state index is -0.687. The fraction of sp³-hybridized carbons (Fsp3) is 0.455. The molecule has 1 aromatic rings. The van der Waals surface area contributed by atoms with E-state index < -0.39 is 6.10 Å². The number of nitrogens with two attached hydrogens (primary N) is 1. The molecule has 1 unspecified atom stereocenters. The summed E-state index contributed by atoms with van der Waals surface area (Å²) in [6, 6.07) is 3.14. The molecule has 1 rings (SSSR count). The van der Waals surface area contributed by atoms with Crippen LogP contribution in [0, 0.1) is 0 Å². The normalized spacial score (nSPS) is 12.2. The van der Waals surface area contributed by atoms with E-state index in [1.807, 2.05) is 0 Å². The molecule has 1 atom stereocenters. The van der Waals surface area contributed by atoms with Crippen molar-refractivity contribution in [3.05, 3.63) is 17.7 Å². The molecule has 0 saturated heterocycles. The summed E-state index contributed by atoms with van der Waals surface area (Å²) in [7, 11) is 2.88. The highest BCUT2D eigenvalue weighted by Crippen LogP contribution is 2.38. The van der Waals surface area contributed by atoms with E-state index in [1.54, 1.807) is 12.1 Å². The highest BCUT2D eigenvalue weighted by Gasteiger charge is 2.15. The Morgan fingerprint density at radius 1 is 1.25 bits per heavy atom. The summed E-state index contributed by atoms with van der Waals surface area (Å²) in [5.74, 6) is 0.463. The van der Waals surface area contributed by atoms with Crippen molar-refractivity contribution in [2.75, 3.05) is 20.8 Å². The summed E-state index contributed by atoms with van der Waals surface area (Å²) in [5.41, 5.74) is 5.97. The van der Waals surface area contributed by atoms with Crippen LogP contribution in [0.2, 0.25) is 0 Å². The van der Waals surface area contributed by atoms with Crippen LogP contribution in [0.3, 0.4) is 0 Å². The number of hydrogen-bond donors (Lipinski definition) is 3. The molecule has 0 saturated carbocycles. The van der Waals surface area contributed by atoms with Gasteiger partial charge in [-0.3, -0.25) is 0 Å². The van der Waals surface area contributed by atoms with Gasteiger partial charge in [0.05, 0.1) is 20.3 Å². The number of phenolic OH excluding ortho intramolecular Hbond substituents is 1. The average Bonchev–Trinajstić information content (AvgIpc) is 2.29. The van der Waals surface area contributed by atoms with Gasteiger partial charge in [-0.1, -0.05) is 0 Å². The van der Waals surface area contributed by atoms with Gasteiger partial charge < -0.3 is 25.4 Å². The SMILES string of the molecule is COc1cc(C(O)CCN)cc(OC)c1O. The number of aliphatic hydroxyl groups excluding tert-OH is 1. The maximum Gasteiger partial charge on any atom is 0.200 e. The fourth-order valence-corrected chi connectivity index (χ4v) is 1.43. The number of phenols is 1. The summed E-state index contributed by atoms with van der Waals surface area (Å²) < 4.78 is 9.97. The van der Waals surface area contributed by atoms with Crippen LogP contribution in [0.25, 0.3) is 0 Å². The minimum absolute atomic E-state index is 0.0753. The van der Waals surface area contributed by atoms with Crippen molar-refractivity contribution in [1.82, 2.24) is 0 Å². The molecule has 4 N–H and O–H groups in total. The van der Waals surface area contributed by atoms with Gasteiger partial charge in [0, 0.05) is 0 Å². The predicted molar refractivity (Wildman–Crippen MR) is 59.8 cm³/mol. The van der Waals surface area contributed by atoms with Gasteiger partial charge in [0.2, 0.25) is 5.75 Å². The van der Waals surface area contributed by atoms with Crippen LogP contribution in [-0.2, 0) is 0 Å². The molecule has 0 aliphatic rings. The quantitative estimate of drug-likeness (QED) is 0.692. The highest BCUT2D eigenvalue weighted by molar-refractivity contribution is 5.53. The Bertz CT molecular complexity index is 329. The monoisotopic (exact) mass is 227 g/mol. The molecule has 1 aromatic carbocycles. The molecular weight excluding hydrogens is 210 g/mol. The number of ether oxygens (including phenoxy) is 2. The van der Waals surface area contributed by atoms with E-state index in [-0.39, 0.29) is 17.2 Å². The smallest absolute Gasteiger partial charge is 0.200 e. The van der Waals surface area contributed by atoms with Gasteiger partial charge in [0.1, 0.15) is 0 Å². The van der Waals surface area contributed by atoms with Crippen LogP contribution in [-0.4, -0.2) is 31.0 Å². The average molecular weight is 227 g/mol. The topological polar surface area (TPSA) is 84.9 Å². The molecular formula is C11H17NO4. The Kier molecular flexibility index (Phi) is 4.39. The standard InChI is InChI=1S/C11H17NO4/c1-15-9-5-7(8(13)3-4-12)6-10(16-2)11(9)14/h5-6,8,13-14H,3-4,12H2,1-2H3. The van der Waals surface area contributed by atoms with Gasteiger partial charge in [-0.05, 0) is 30.7 Å². The van der Waals surface area contributed by atoms with Crippen LogP contribution in [0.5, 0.6) is 17.2 Å². The van der Waals surface area contributed by atoms with E-state index in [9.17, 15) is 10.2 Å². The molecule has 0 spiro atoms. The first-order valence-electron chi connectivity index (χ1n) is 4.97. The van der Waals surface area contributed by atoms with Crippen molar-refractivity contribution in [2.24, 2.45) is 5.73 Å². The lowest BCUT2D eigenvalue weighted by Crippen LogP contribution is -2.07. The summed E-state index contributed by atoms with van der Waals surface area (Å²) in [4.78, 5) is 0. The minimum Gasteiger partial charge on any atom is -0.502 e. The number of benzene rings is 1. The molecule has 0 aliphatic carbocycles. The Morgan fingerprint density at radius 3 is 2.12 bits per heavy atom.